The van der Waals surface area contributed by atoms with Gasteiger partial charge in [-0.05, 0) is 19.8 Å². The number of hydrogen-bond donors (Lipinski definition) is 0. The Kier molecular flexibility index (Phi) is 18.3. The highest BCUT2D eigenvalue weighted by atomic mass is 35.5. The van der Waals surface area contributed by atoms with Crippen LogP contribution in [-0.2, 0) is 0 Å². The van der Waals surface area contributed by atoms with Crippen molar-refractivity contribution in [1.29, 1.82) is 0 Å². The number of hydrogen-bond acceptors (Lipinski definition) is 0. The predicted octanol–water partition coefficient (Wildman–Crippen LogP) is 9.44. The monoisotopic (exact) mass is 358 g/mol. The van der Waals surface area contributed by atoms with Gasteiger partial charge in [-0.3, -0.25) is 0 Å². The molecule has 1 atom stereocenters. The molecule has 0 spiro atoms. The quantitative estimate of drug-likeness (QED) is 0.159. The molecule has 0 saturated heterocycles. The first-order chi connectivity index (χ1) is 11.6. The summed E-state index contributed by atoms with van der Waals surface area (Å²) < 4.78 is 0. The summed E-state index contributed by atoms with van der Waals surface area (Å²) in [5, 5.41) is 0. The SMILES string of the molecule is CCCCCCCCCCCC(C)(Cl)CCCCCCCCCC. The van der Waals surface area contributed by atoms with E-state index in [1.165, 1.54) is 122 Å². The van der Waals surface area contributed by atoms with Crippen LogP contribution in [0.1, 0.15) is 143 Å². The lowest BCUT2D eigenvalue weighted by atomic mass is 9.95. The Labute approximate surface area is 159 Å². The van der Waals surface area contributed by atoms with Crippen LogP contribution < -0.4 is 0 Å². The van der Waals surface area contributed by atoms with Crippen molar-refractivity contribution in [3.63, 3.8) is 0 Å². The van der Waals surface area contributed by atoms with Gasteiger partial charge in [-0.1, -0.05) is 123 Å². The number of halogens is 1. The maximum atomic E-state index is 6.71. The lowest BCUT2D eigenvalue weighted by Crippen LogP contribution is -2.15. The van der Waals surface area contributed by atoms with Gasteiger partial charge in [0, 0.05) is 4.87 Å². The first-order valence-electron chi connectivity index (χ1n) is 11.3. The van der Waals surface area contributed by atoms with E-state index in [4.69, 9.17) is 11.6 Å². The molecule has 0 amide bonds. The molecule has 0 rings (SSSR count). The largest absolute Gasteiger partial charge is 0.120 e. The Morgan fingerprint density at radius 2 is 0.708 bits per heavy atom. The van der Waals surface area contributed by atoms with Crippen LogP contribution in [0, 0.1) is 0 Å². The Morgan fingerprint density at radius 3 is 1.00 bits per heavy atom. The third-order valence-electron chi connectivity index (χ3n) is 5.35. The summed E-state index contributed by atoms with van der Waals surface area (Å²) in [6, 6.07) is 0. The van der Waals surface area contributed by atoms with Crippen molar-refractivity contribution in [3.05, 3.63) is 0 Å². The normalized spacial score (nSPS) is 14.0. The zero-order valence-electron chi connectivity index (χ0n) is 17.3. The molecule has 0 aliphatic heterocycles. The van der Waals surface area contributed by atoms with E-state index in [1.807, 2.05) is 0 Å². The fourth-order valence-electron chi connectivity index (χ4n) is 3.56. The molecule has 146 valence electrons. The summed E-state index contributed by atoms with van der Waals surface area (Å²) in [5.74, 6) is 0. The third-order valence-corrected chi connectivity index (χ3v) is 5.73. The summed E-state index contributed by atoms with van der Waals surface area (Å²) in [5.41, 5.74) is 0. The molecule has 0 aromatic heterocycles. The lowest BCUT2D eigenvalue weighted by Gasteiger charge is -2.22. The Balaban J connectivity index is 3.32. The maximum Gasteiger partial charge on any atom is 0.0418 e. The van der Waals surface area contributed by atoms with Gasteiger partial charge in [0.05, 0.1) is 0 Å². The van der Waals surface area contributed by atoms with Crippen molar-refractivity contribution in [2.45, 2.75) is 148 Å². The van der Waals surface area contributed by atoms with E-state index >= 15 is 0 Å². The molecule has 1 heteroatoms. The van der Waals surface area contributed by atoms with Gasteiger partial charge in [-0.25, -0.2) is 0 Å². The van der Waals surface area contributed by atoms with Gasteiger partial charge in [0.2, 0.25) is 0 Å². The highest BCUT2D eigenvalue weighted by molar-refractivity contribution is 6.23. The molecule has 0 saturated carbocycles. The van der Waals surface area contributed by atoms with Gasteiger partial charge >= 0.3 is 0 Å². The zero-order valence-corrected chi connectivity index (χ0v) is 18.1. The zero-order chi connectivity index (χ0) is 17.9. The third kappa shape index (κ3) is 18.6. The van der Waals surface area contributed by atoms with Crippen LogP contribution in [0.2, 0.25) is 0 Å². The van der Waals surface area contributed by atoms with Crippen LogP contribution >= 0.6 is 11.6 Å². The summed E-state index contributed by atoms with van der Waals surface area (Å²) >= 11 is 6.71. The van der Waals surface area contributed by atoms with E-state index < -0.39 is 0 Å². The topological polar surface area (TPSA) is 0 Å². The van der Waals surface area contributed by atoms with Crippen LogP contribution in [0.5, 0.6) is 0 Å². The summed E-state index contributed by atoms with van der Waals surface area (Å²) in [4.78, 5) is 0.0589. The van der Waals surface area contributed by atoms with Crippen LogP contribution in [0.3, 0.4) is 0 Å². The molecule has 0 bridgehead atoms. The van der Waals surface area contributed by atoms with Crippen molar-refractivity contribution in [2.75, 3.05) is 0 Å². The fourth-order valence-corrected chi connectivity index (χ4v) is 3.82. The van der Waals surface area contributed by atoms with Crippen molar-refractivity contribution >= 4 is 11.6 Å². The van der Waals surface area contributed by atoms with Crippen LogP contribution in [0.15, 0.2) is 0 Å². The summed E-state index contributed by atoms with van der Waals surface area (Å²) in [6.45, 7) is 6.84. The lowest BCUT2D eigenvalue weighted by molar-refractivity contribution is 0.456. The van der Waals surface area contributed by atoms with Crippen LogP contribution in [-0.4, -0.2) is 4.87 Å². The van der Waals surface area contributed by atoms with Crippen molar-refractivity contribution in [2.24, 2.45) is 0 Å². The smallest absolute Gasteiger partial charge is 0.0418 e. The van der Waals surface area contributed by atoms with Crippen molar-refractivity contribution in [1.82, 2.24) is 0 Å². The van der Waals surface area contributed by atoms with E-state index in [0.717, 1.165) is 0 Å². The van der Waals surface area contributed by atoms with Gasteiger partial charge in [0.1, 0.15) is 0 Å². The first-order valence-corrected chi connectivity index (χ1v) is 11.7. The van der Waals surface area contributed by atoms with Gasteiger partial charge < -0.3 is 0 Å². The van der Waals surface area contributed by atoms with Gasteiger partial charge in [0.25, 0.3) is 0 Å². The summed E-state index contributed by atoms with van der Waals surface area (Å²) in [6.07, 6.45) is 26.2. The molecular weight excluding hydrogens is 312 g/mol. The molecule has 0 aliphatic carbocycles. The van der Waals surface area contributed by atoms with Crippen LogP contribution in [0.4, 0.5) is 0 Å². The predicted molar refractivity (Wildman–Crippen MR) is 113 cm³/mol. The second kappa shape index (κ2) is 18.1. The first kappa shape index (κ1) is 24.3. The molecular formula is C23H47Cl. The van der Waals surface area contributed by atoms with Gasteiger partial charge in [0.15, 0.2) is 0 Å². The number of unbranched alkanes of at least 4 members (excludes halogenated alkanes) is 15. The molecule has 0 radical (unpaired) electrons. The second-order valence-corrected chi connectivity index (χ2v) is 9.13. The minimum absolute atomic E-state index is 0.0589. The average molecular weight is 359 g/mol. The molecule has 0 nitrogen and oxygen atoms in total. The molecule has 0 N–H and O–H groups in total. The minimum atomic E-state index is 0.0589. The second-order valence-electron chi connectivity index (χ2n) is 8.22. The number of rotatable bonds is 19. The molecule has 0 aromatic carbocycles. The molecule has 0 aromatic rings. The fraction of sp³-hybridized carbons (Fsp3) is 1.00. The maximum absolute atomic E-state index is 6.71. The molecule has 0 aliphatic rings. The molecule has 24 heavy (non-hydrogen) atoms. The van der Waals surface area contributed by atoms with E-state index in [9.17, 15) is 0 Å². The minimum Gasteiger partial charge on any atom is -0.120 e. The Bertz CT molecular complexity index is 234. The highest BCUT2D eigenvalue weighted by Crippen LogP contribution is 2.29. The Hall–Kier alpha value is 0.290. The number of alkyl halides is 1. The average Bonchev–Trinajstić information content (AvgIpc) is 2.55. The Morgan fingerprint density at radius 1 is 0.458 bits per heavy atom. The summed E-state index contributed by atoms with van der Waals surface area (Å²) in [7, 11) is 0. The van der Waals surface area contributed by atoms with E-state index in [-0.39, 0.29) is 4.87 Å². The van der Waals surface area contributed by atoms with Crippen molar-refractivity contribution < 1.29 is 0 Å². The van der Waals surface area contributed by atoms with Crippen LogP contribution in [0.25, 0.3) is 0 Å². The molecule has 1 unspecified atom stereocenters. The van der Waals surface area contributed by atoms with Gasteiger partial charge in [-0.15, -0.1) is 11.6 Å². The van der Waals surface area contributed by atoms with Gasteiger partial charge in [-0.2, -0.15) is 0 Å². The van der Waals surface area contributed by atoms with Crippen molar-refractivity contribution in [3.8, 4) is 0 Å². The van der Waals surface area contributed by atoms with E-state index in [0.29, 0.717) is 0 Å². The van der Waals surface area contributed by atoms with E-state index in [1.54, 1.807) is 0 Å². The standard InChI is InChI=1S/C23H47Cl/c1-4-6-8-10-12-14-16-18-20-22-23(3,24)21-19-17-15-13-11-9-7-5-2/h4-22H2,1-3H3. The van der Waals surface area contributed by atoms with E-state index in [2.05, 4.69) is 20.8 Å². The molecule has 0 fully saturated rings. The highest BCUT2D eigenvalue weighted by Gasteiger charge is 2.19. The molecule has 0 heterocycles.